The van der Waals surface area contributed by atoms with Crippen LogP contribution in [0.1, 0.15) is 38.1 Å². The number of Topliss-reactive ketones (excluding diaryl/α,β-unsaturated/α-hetero) is 1. The summed E-state index contributed by atoms with van der Waals surface area (Å²) in [7, 11) is 1.59. The second-order valence-corrected chi connectivity index (χ2v) is 3.06. The van der Waals surface area contributed by atoms with E-state index in [1.807, 2.05) is 6.92 Å². The topological polar surface area (TPSA) is 65.2 Å². The quantitative estimate of drug-likeness (QED) is 0.713. The molecule has 0 N–H and O–H groups in total. The smallest absolute Gasteiger partial charge is 0.234 e. The Morgan fingerprint density at radius 2 is 2.36 bits per heavy atom. The molecule has 0 saturated heterocycles. The van der Waals surface area contributed by atoms with E-state index < -0.39 is 0 Å². The zero-order chi connectivity index (χ0) is 10.6. The van der Waals surface area contributed by atoms with Gasteiger partial charge in [0, 0.05) is 7.11 Å². The van der Waals surface area contributed by atoms with E-state index in [9.17, 15) is 4.79 Å². The van der Waals surface area contributed by atoms with E-state index in [4.69, 9.17) is 9.26 Å². The third-order valence-corrected chi connectivity index (χ3v) is 1.83. The van der Waals surface area contributed by atoms with Crippen molar-refractivity contribution in [3.63, 3.8) is 0 Å². The largest absolute Gasteiger partial charge is 0.373 e. The van der Waals surface area contributed by atoms with Gasteiger partial charge >= 0.3 is 0 Å². The van der Waals surface area contributed by atoms with Crippen molar-refractivity contribution in [2.75, 3.05) is 7.11 Å². The van der Waals surface area contributed by atoms with Gasteiger partial charge in [-0.05, 0) is 13.3 Å². The predicted octanol–water partition coefficient (Wildman–Crippen LogP) is 1.30. The molecule has 5 heteroatoms. The molecule has 0 amide bonds. The number of hydrogen-bond acceptors (Lipinski definition) is 5. The summed E-state index contributed by atoms with van der Waals surface area (Å²) in [6, 6.07) is 0. The van der Waals surface area contributed by atoms with Gasteiger partial charge in [0.2, 0.25) is 11.7 Å². The van der Waals surface area contributed by atoms with Crippen molar-refractivity contribution >= 4 is 5.78 Å². The van der Waals surface area contributed by atoms with Crippen LogP contribution in [0.2, 0.25) is 0 Å². The molecule has 0 bridgehead atoms. The van der Waals surface area contributed by atoms with Crippen LogP contribution in [0.5, 0.6) is 0 Å². The van der Waals surface area contributed by atoms with Gasteiger partial charge in [0.1, 0.15) is 11.9 Å². The van der Waals surface area contributed by atoms with Crippen LogP contribution in [-0.4, -0.2) is 23.0 Å². The van der Waals surface area contributed by atoms with Gasteiger partial charge in [-0.3, -0.25) is 4.79 Å². The molecule has 0 saturated carbocycles. The van der Waals surface area contributed by atoms with Crippen molar-refractivity contribution in [3.8, 4) is 0 Å². The molecule has 5 nitrogen and oxygen atoms in total. The molecular formula is C9H14N2O3. The minimum atomic E-state index is -0.153. The molecule has 1 unspecified atom stereocenters. The number of aromatic nitrogens is 2. The second kappa shape index (κ2) is 4.85. The molecule has 1 aromatic heterocycles. The zero-order valence-corrected chi connectivity index (χ0v) is 8.61. The van der Waals surface area contributed by atoms with Crippen molar-refractivity contribution in [2.45, 2.75) is 32.8 Å². The average molecular weight is 198 g/mol. The number of methoxy groups -OCH3 is 1. The van der Waals surface area contributed by atoms with Gasteiger partial charge in [0.15, 0.2) is 0 Å². The molecule has 78 valence electrons. The highest BCUT2D eigenvalue weighted by Crippen LogP contribution is 2.16. The molecular weight excluding hydrogens is 184 g/mol. The molecule has 1 heterocycles. The van der Waals surface area contributed by atoms with Gasteiger partial charge in [-0.15, -0.1) is 0 Å². The number of carbonyl (C=O) groups excluding carboxylic acids is 1. The van der Waals surface area contributed by atoms with Crippen LogP contribution in [-0.2, 0) is 16.0 Å². The lowest BCUT2D eigenvalue weighted by atomic mass is 10.2. The Hall–Kier alpha value is -1.23. The van der Waals surface area contributed by atoms with Crippen LogP contribution in [0.25, 0.3) is 0 Å². The zero-order valence-electron chi connectivity index (χ0n) is 8.61. The average Bonchev–Trinajstić information content (AvgIpc) is 2.54. The third kappa shape index (κ3) is 2.63. The van der Waals surface area contributed by atoms with Gasteiger partial charge < -0.3 is 9.26 Å². The molecule has 1 atom stereocenters. The molecule has 1 aromatic rings. The molecule has 0 spiro atoms. The summed E-state index contributed by atoms with van der Waals surface area (Å²) < 4.78 is 10.0. The second-order valence-electron chi connectivity index (χ2n) is 3.06. The maximum atomic E-state index is 10.8. The maximum absolute atomic E-state index is 10.8. The van der Waals surface area contributed by atoms with Crippen LogP contribution < -0.4 is 0 Å². The van der Waals surface area contributed by atoms with E-state index in [0.717, 1.165) is 6.42 Å². The highest BCUT2D eigenvalue weighted by Gasteiger charge is 2.16. The fourth-order valence-electron chi connectivity index (χ4n) is 1.14. The van der Waals surface area contributed by atoms with Gasteiger partial charge in [0.25, 0.3) is 0 Å². The number of nitrogens with zero attached hydrogens (tertiary/aromatic N) is 2. The molecule has 0 aliphatic heterocycles. The van der Waals surface area contributed by atoms with E-state index >= 15 is 0 Å². The third-order valence-electron chi connectivity index (χ3n) is 1.83. The normalized spacial score (nSPS) is 12.8. The number of carbonyl (C=O) groups is 1. The van der Waals surface area contributed by atoms with Crippen molar-refractivity contribution < 1.29 is 14.1 Å². The first-order chi connectivity index (χ1) is 6.67. The highest BCUT2D eigenvalue weighted by atomic mass is 16.5. The first-order valence-corrected chi connectivity index (χ1v) is 4.52. The molecule has 0 aliphatic carbocycles. The molecule has 0 aromatic carbocycles. The van der Waals surface area contributed by atoms with E-state index in [1.165, 1.54) is 6.92 Å². The Bertz CT molecular complexity index is 305. The Morgan fingerprint density at radius 1 is 1.64 bits per heavy atom. The van der Waals surface area contributed by atoms with Crippen LogP contribution >= 0.6 is 0 Å². The van der Waals surface area contributed by atoms with E-state index in [1.54, 1.807) is 7.11 Å². The van der Waals surface area contributed by atoms with Crippen LogP contribution in [0, 0.1) is 0 Å². The van der Waals surface area contributed by atoms with Gasteiger partial charge in [0.05, 0.1) is 6.42 Å². The molecule has 14 heavy (non-hydrogen) atoms. The molecule has 0 fully saturated rings. The molecule has 1 rings (SSSR count). The minimum Gasteiger partial charge on any atom is -0.373 e. The summed E-state index contributed by atoms with van der Waals surface area (Å²) in [4.78, 5) is 14.8. The minimum absolute atomic E-state index is 0.00525. The first kappa shape index (κ1) is 10.8. The standard InChI is InChI=1S/C9H14N2O3/c1-4-7(13-3)9-10-8(14-11-9)5-6(2)12/h7H,4-5H2,1-3H3. The highest BCUT2D eigenvalue weighted by molar-refractivity contribution is 5.77. The summed E-state index contributed by atoms with van der Waals surface area (Å²) in [6.45, 7) is 3.45. The van der Waals surface area contributed by atoms with Crippen molar-refractivity contribution in [2.24, 2.45) is 0 Å². The number of rotatable bonds is 5. The Morgan fingerprint density at radius 3 is 2.86 bits per heavy atom. The van der Waals surface area contributed by atoms with Crippen molar-refractivity contribution in [3.05, 3.63) is 11.7 Å². The lowest BCUT2D eigenvalue weighted by Crippen LogP contribution is -2.02. The monoisotopic (exact) mass is 198 g/mol. The summed E-state index contributed by atoms with van der Waals surface area (Å²) in [5.74, 6) is 0.861. The SMILES string of the molecule is CCC(OC)c1noc(CC(C)=O)n1. The maximum Gasteiger partial charge on any atom is 0.234 e. The Balaban J connectivity index is 2.71. The van der Waals surface area contributed by atoms with E-state index in [-0.39, 0.29) is 18.3 Å². The lowest BCUT2D eigenvalue weighted by Gasteiger charge is -2.05. The van der Waals surface area contributed by atoms with Crippen molar-refractivity contribution in [1.29, 1.82) is 0 Å². The van der Waals surface area contributed by atoms with Crippen molar-refractivity contribution in [1.82, 2.24) is 10.1 Å². The fraction of sp³-hybridized carbons (Fsp3) is 0.667. The van der Waals surface area contributed by atoms with Gasteiger partial charge in [-0.1, -0.05) is 12.1 Å². The summed E-state index contributed by atoms with van der Waals surface area (Å²) in [5, 5.41) is 3.75. The van der Waals surface area contributed by atoms with E-state index in [0.29, 0.717) is 11.7 Å². The van der Waals surface area contributed by atoms with Gasteiger partial charge in [-0.25, -0.2) is 0 Å². The first-order valence-electron chi connectivity index (χ1n) is 4.52. The van der Waals surface area contributed by atoms with E-state index in [2.05, 4.69) is 10.1 Å². The van der Waals surface area contributed by atoms with Crippen LogP contribution in [0.3, 0.4) is 0 Å². The lowest BCUT2D eigenvalue weighted by molar-refractivity contribution is -0.116. The van der Waals surface area contributed by atoms with Crippen LogP contribution in [0.4, 0.5) is 0 Å². The summed E-state index contributed by atoms with van der Waals surface area (Å²) >= 11 is 0. The summed E-state index contributed by atoms with van der Waals surface area (Å²) in [6.07, 6.45) is 0.808. The molecule has 0 radical (unpaired) electrons. The van der Waals surface area contributed by atoms with Crippen LogP contribution in [0.15, 0.2) is 4.52 Å². The number of hydrogen-bond donors (Lipinski definition) is 0. The fourth-order valence-corrected chi connectivity index (χ4v) is 1.14. The Labute approximate surface area is 82.4 Å². The van der Waals surface area contributed by atoms with Gasteiger partial charge in [-0.2, -0.15) is 4.98 Å². The molecule has 0 aliphatic rings. The number of ether oxygens (including phenoxy) is 1. The number of ketones is 1. The summed E-state index contributed by atoms with van der Waals surface area (Å²) in [5.41, 5.74) is 0. The predicted molar refractivity (Wildman–Crippen MR) is 48.7 cm³/mol. The Kier molecular flexibility index (Phi) is 3.76.